The minimum Gasteiger partial charge on any atom is -0.492 e. The molecule has 0 saturated heterocycles. The van der Waals surface area contributed by atoms with E-state index in [-0.39, 0.29) is 11.6 Å². The molecule has 0 bridgehead atoms. The molecule has 0 aromatic heterocycles. The molecule has 144 valence electrons. The summed E-state index contributed by atoms with van der Waals surface area (Å²) in [5.41, 5.74) is 2.32. The van der Waals surface area contributed by atoms with Crippen LogP contribution in [0.15, 0.2) is 48.5 Å². The number of aryl methyl sites for hydroxylation is 1. The van der Waals surface area contributed by atoms with Gasteiger partial charge < -0.3 is 10.1 Å². The highest BCUT2D eigenvalue weighted by atomic mass is 32.2. The second-order valence-electron chi connectivity index (χ2n) is 6.01. The number of thioether (sulfide) groups is 1. The van der Waals surface area contributed by atoms with Gasteiger partial charge in [0.05, 0.1) is 17.2 Å². The van der Waals surface area contributed by atoms with E-state index in [1.165, 1.54) is 29.5 Å². The molecule has 0 aliphatic heterocycles. The Morgan fingerprint density at radius 2 is 1.78 bits per heavy atom. The molecule has 2 aromatic carbocycles. The molecule has 2 aromatic rings. The van der Waals surface area contributed by atoms with Crippen LogP contribution >= 0.6 is 11.8 Å². The fourth-order valence-electron chi connectivity index (χ4n) is 2.43. The average molecular weight is 388 g/mol. The van der Waals surface area contributed by atoms with Crippen molar-refractivity contribution in [1.82, 2.24) is 5.32 Å². The van der Waals surface area contributed by atoms with Crippen molar-refractivity contribution in [2.75, 3.05) is 18.9 Å². The van der Waals surface area contributed by atoms with Gasteiger partial charge in [0.25, 0.3) is 5.69 Å². The van der Waals surface area contributed by atoms with Gasteiger partial charge in [-0.3, -0.25) is 14.9 Å². The van der Waals surface area contributed by atoms with Crippen LogP contribution < -0.4 is 10.1 Å². The van der Waals surface area contributed by atoms with Gasteiger partial charge in [-0.1, -0.05) is 37.6 Å². The van der Waals surface area contributed by atoms with Gasteiger partial charge in [0.2, 0.25) is 5.91 Å². The fraction of sp³-hybridized carbons (Fsp3) is 0.350. The second kappa shape index (κ2) is 11.2. The number of hydrogen-bond acceptors (Lipinski definition) is 5. The number of nitrogens with zero attached hydrogens (tertiary/aromatic N) is 1. The van der Waals surface area contributed by atoms with E-state index in [2.05, 4.69) is 24.4 Å². The summed E-state index contributed by atoms with van der Waals surface area (Å²) in [6, 6.07) is 14.4. The summed E-state index contributed by atoms with van der Waals surface area (Å²) in [6.07, 6.45) is 2.18. The quantitative estimate of drug-likeness (QED) is 0.358. The van der Waals surface area contributed by atoms with Crippen molar-refractivity contribution in [3.8, 4) is 5.75 Å². The van der Waals surface area contributed by atoms with Gasteiger partial charge in [0, 0.05) is 17.9 Å². The van der Waals surface area contributed by atoms with Crippen molar-refractivity contribution in [1.29, 1.82) is 0 Å². The number of non-ortho nitro benzene ring substituents is 1. The Kier molecular flexibility index (Phi) is 8.64. The molecule has 2 rings (SSSR count). The summed E-state index contributed by atoms with van der Waals surface area (Å²) in [5, 5.41) is 13.4. The first-order chi connectivity index (χ1) is 13.1. The zero-order valence-corrected chi connectivity index (χ0v) is 16.2. The van der Waals surface area contributed by atoms with Crippen LogP contribution in [0.1, 0.15) is 24.5 Å². The van der Waals surface area contributed by atoms with Gasteiger partial charge in [0.1, 0.15) is 12.4 Å². The number of nitro groups is 1. The first-order valence-corrected chi connectivity index (χ1v) is 10.0. The van der Waals surface area contributed by atoms with Crippen LogP contribution in [-0.4, -0.2) is 29.7 Å². The van der Waals surface area contributed by atoms with Gasteiger partial charge in [-0.05, 0) is 29.7 Å². The molecule has 0 aliphatic rings. The predicted molar refractivity (Wildman–Crippen MR) is 108 cm³/mol. The normalized spacial score (nSPS) is 10.4. The molecular weight excluding hydrogens is 364 g/mol. The topological polar surface area (TPSA) is 81.5 Å². The highest BCUT2D eigenvalue weighted by molar-refractivity contribution is 7.99. The van der Waals surface area contributed by atoms with E-state index in [1.54, 1.807) is 12.1 Å². The third kappa shape index (κ3) is 7.70. The van der Waals surface area contributed by atoms with Gasteiger partial charge in [-0.15, -0.1) is 11.8 Å². The van der Waals surface area contributed by atoms with Crippen molar-refractivity contribution < 1.29 is 14.5 Å². The summed E-state index contributed by atoms with van der Waals surface area (Å²) in [5.74, 6) is 1.72. The van der Waals surface area contributed by atoms with Crippen LogP contribution in [-0.2, 0) is 17.0 Å². The van der Waals surface area contributed by atoms with E-state index in [9.17, 15) is 14.9 Å². The summed E-state index contributed by atoms with van der Waals surface area (Å²) in [7, 11) is 0. The number of nitro benzene ring substituents is 1. The Morgan fingerprint density at radius 1 is 1.11 bits per heavy atom. The highest BCUT2D eigenvalue weighted by Crippen LogP contribution is 2.16. The monoisotopic (exact) mass is 388 g/mol. The van der Waals surface area contributed by atoms with E-state index in [0.29, 0.717) is 24.7 Å². The van der Waals surface area contributed by atoms with E-state index in [4.69, 9.17) is 4.74 Å². The van der Waals surface area contributed by atoms with Crippen molar-refractivity contribution in [2.24, 2.45) is 0 Å². The first-order valence-electron chi connectivity index (χ1n) is 8.88. The van der Waals surface area contributed by atoms with Crippen LogP contribution in [0.2, 0.25) is 0 Å². The largest absolute Gasteiger partial charge is 0.492 e. The van der Waals surface area contributed by atoms with Crippen molar-refractivity contribution in [2.45, 2.75) is 25.5 Å². The van der Waals surface area contributed by atoms with Gasteiger partial charge in [0.15, 0.2) is 0 Å². The van der Waals surface area contributed by atoms with Crippen LogP contribution in [0.3, 0.4) is 0 Å². The Balaban J connectivity index is 1.58. The highest BCUT2D eigenvalue weighted by Gasteiger charge is 2.05. The molecule has 6 nitrogen and oxygen atoms in total. The molecule has 0 fully saturated rings. The minimum absolute atomic E-state index is 0.0520. The van der Waals surface area contributed by atoms with Crippen molar-refractivity contribution in [3.63, 3.8) is 0 Å². The summed E-state index contributed by atoms with van der Waals surface area (Å²) < 4.78 is 5.62. The third-order valence-corrected chi connectivity index (χ3v) is 4.81. The lowest BCUT2D eigenvalue weighted by atomic mass is 10.1. The lowest BCUT2D eigenvalue weighted by Crippen LogP contribution is -2.29. The van der Waals surface area contributed by atoms with Crippen molar-refractivity contribution in [3.05, 3.63) is 69.8 Å². The zero-order chi connectivity index (χ0) is 19.5. The third-order valence-electron chi connectivity index (χ3n) is 3.80. The number of carbonyl (C=O) groups excluding carboxylic acids is 1. The lowest BCUT2D eigenvalue weighted by molar-refractivity contribution is -0.384. The molecule has 27 heavy (non-hydrogen) atoms. The van der Waals surface area contributed by atoms with Crippen molar-refractivity contribution >= 4 is 23.4 Å². The van der Waals surface area contributed by atoms with Crippen LogP contribution in [0, 0.1) is 10.1 Å². The molecule has 0 aliphatic carbocycles. The molecule has 0 spiro atoms. The Bertz CT molecular complexity index is 733. The Morgan fingerprint density at radius 3 is 2.41 bits per heavy atom. The number of amides is 1. The maximum absolute atomic E-state index is 11.8. The van der Waals surface area contributed by atoms with Crippen LogP contribution in [0.25, 0.3) is 0 Å². The maximum atomic E-state index is 11.8. The van der Waals surface area contributed by atoms with E-state index < -0.39 is 4.92 Å². The average Bonchev–Trinajstić information content (AvgIpc) is 2.67. The standard InChI is InChI=1S/C20H24N2O4S/c1-2-3-16-6-10-19(11-7-16)26-13-12-21-20(23)15-27-14-17-4-8-18(9-5-17)22(24)25/h4-11H,2-3,12-15H2,1H3,(H,21,23). The Hall–Kier alpha value is -2.54. The maximum Gasteiger partial charge on any atom is 0.269 e. The molecular formula is C20H24N2O4S. The molecule has 0 heterocycles. The van der Waals surface area contributed by atoms with Crippen LogP contribution in [0.4, 0.5) is 5.69 Å². The number of hydrogen-bond donors (Lipinski definition) is 1. The molecule has 0 radical (unpaired) electrons. The van der Waals surface area contributed by atoms with E-state index in [0.717, 1.165) is 24.2 Å². The molecule has 0 unspecified atom stereocenters. The number of nitrogens with one attached hydrogen (secondary N) is 1. The number of benzene rings is 2. The van der Waals surface area contributed by atoms with Gasteiger partial charge >= 0.3 is 0 Å². The molecule has 1 amide bonds. The first kappa shape index (κ1) is 20.8. The minimum atomic E-state index is -0.425. The summed E-state index contributed by atoms with van der Waals surface area (Å²) >= 11 is 1.47. The fourth-order valence-corrected chi connectivity index (χ4v) is 3.24. The van der Waals surface area contributed by atoms with E-state index >= 15 is 0 Å². The number of rotatable bonds is 11. The molecule has 7 heteroatoms. The lowest BCUT2D eigenvalue weighted by Gasteiger charge is -2.08. The summed E-state index contributed by atoms with van der Waals surface area (Å²) in [6.45, 7) is 3.02. The second-order valence-corrected chi connectivity index (χ2v) is 6.99. The smallest absolute Gasteiger partial charge is 0.269 e. The summed E-state index contributed by atoms with van der Waals surface area (Å²) in [4.78, 5) is 22.0. The zero-order valence-electron chi connectivity index (χ0n) is 15.3. The predicted octanol–water partition coefficient (Wildman–Crippen LogP) is 3.98. The van der Waals surface area contributed by atoms with Crippen LogP contribution in [0.5, 0.6) is 5.75 Å². The van der Waals surface area contributed by atoms with Gasteiger partial charge in [-0.25, -0.2) is 0 Å². The molecule has 0 atom stereocenters. The number of carbonyl (C=O) groups is 1. The molecule has 1 N–H and O–H groups in total. The molecule has 0 saturated carbocycles. The Labute approximate surface area is 163 Å². The van der Waals surface area contributed by atoms with Gasteiger partial charge in [-0.2, -0.15) is 0 Å². The number of ether oxygens (including phenoxy) is 1. The van der Waals surface area contributed by atoms with E-state index in [1.807, 2.05) is 12.1 Å². The SMILES string of the molecule is CCCc1ccc(OCCNC(=O)CSCc2ccc([N+](=O)[O-])cc2)cc1.